The maximum atomic E-state index is 5.10. The zero-order valence-electron chi connectivity index (χ0n) is 9.88. The maximum Gasteiger partial charge on any atom is 0.000466 e. The highest BCUT2D eigenvalue weighted by Crippen LogP contribution is 1.92. The Morgan fingerprint density at radius 3 is 1.79 bits per heavy atom. The minimum absolute atomic E-state index is 0. The van der Waals surface area contributed by atoms with E-state index in [0.29, 0.717) is 0 Å². The molecule has 1 nitrogen and oxygen atoms in total. The Labute approximate surface area is 90.1 Å². The highest BCUT2D eigenvalue weighted by molar-refractivity contribution is 5.11. The van der Waals surface area contributed by atoms with Gasteiger partial charge < -0.3 is 5.73 Å². The van der Waals surface area contributed by atoms with Gasteiger partial charge in [-0.05, 0) is 13.3 Å². The van der Waals surface area contributed by atoms with Crippen molar-refractivity contribution in [1.82, 2.24) is 0 Å². The molecule has 0 saturated heterocycles. The lowest BCUT2D eigenvalue weighted by molar-refractivity contribution is 1.08. The van der Waals surface area contributed by atoms with Crippen LogP contribution in [-0.4, -0.2) is 0 Å². The molecule has 0 atom stereocenters. The second-order valence-corrected chi connectivity index (χ2v) is 2.67. The quantitative estimate of drug-likeness (QED) is 0.716. The summed E-state index contributed by atoms with van der Waals surface area (Å²) >= 11 is 0. The maximum absolute atomic E-state index is 5.10. The molecule has 0 fully saturated rings. The average Bonchev–Trinajstić information content (AvgIpc) is 2.23. The van der Waals surface area contributed by atoms with Crippen molar-refractivity contribution in [3.63, 3.8) is 0 Å². The molecule has 0 bridgehead atoms. The molecule has 0 saturated carbocycles. The van der Waals surface area contributed by atoms with Crippen molar-refractivity contribution in [2.45, 2.75) is 34.1 Å². The predicted octanol–water partition coefficient (Wildman–Crippen LogP) is 4.14. The first-order valence-electron chi connectivity index (χ1n) is 5.11. The van der Waals surface area contributed by atoms with E-state index in [1.54, 1.807) is 0 Å². The van der Waals surface area contributed by atoms with Gasteiger partial charge in [-0.1, -0.05) is 63.2 Å². The zero-order valence-corrected chi connectivity index (χ0v) is 9.88. The molecule has 1 heteroatoms. The molecule has 1 rings (SSSR count). The average molecular weight is 195 g/mol. The van der Waals surface area contributed by atoms with Gasteiger partial charge in [0.1, 0.15) is 0 Å². The molecule has 2 N–H and O–H groups in total. The number of aryl methyl sites for hydroxylation is 1. The van der Waals surface area contributed by atoms with Crippen LogP contribution in [0.3, 0.4) is 0 Å². The number of rotatable bonds is 1. The van der Waals surface area contributed by atoms with E-state index in [-0.39, 0.29) is 1.43 Å². The Balaban J connectivity index is -0.000000162. The van der Waals surface area contributed by atoms with E-state index in [1.807, 2.05) is 39.0 Å². The van der Waals surface area contributed by atoms with Crippen LogP contribution in [0.1, 0.15) is 34.2 Å². The van der Waals surface area contributed by atoms with Crippen molar-refractivity contribution >= 4 is 0 Å². The molecule has 0 aromatic heterocycles. The van der Waals surface area contributed by atoms with Crippen molar-refractivity contribution in [2.24, 2.45) is 5.73 Å². The highest BCUT2D eigenvalue weighted by atomic mass is 14.5. The number of allylic oxidation sites excluding steroid dienone is 1. The third-order valence-electron chi connectivity index (χ3n) is 1.39. The van der Waals surface area contributed by atoms with E-state index in [9.17, 15) is 0 Å². The fourth-order valence-corrected chi connectivity index (χ4v) is 0.534. The van der Waals surface area contributed by atoms with Crippen LogP contribution in [-0.2, 0) is 0 Å². The minimum atomic E-state index is 0. The molecular weight excluding hydrogens is 170 g/mol. The molecule has 0 amide bonds. The van der Waals surface area contributed by atoms with Crippen molar-refractivity contribution in [3.05, 3.63) is 48.2 Å². The molecule has 0 aliphatic carbocycles. The van der Waals surface area contributed by atoms with Gasteiger partial charge in [-0.2, -0.15) is 0 Å². The lowest BCUT2D eigenvalue weighted by atomic mass is 10.2. The Bertz CT molecular complexity index is 219. The van der Waals surface area contributed by atoms with Gasteiger partial charge in [-0.25, -0.2) is 0 Å². The van der Waals surface area contributed by atoms with Gasteiger partial charge in [0.15, 0.2) is 0 Å². The van der Waals surface area contributed by atoms with Crippen molar-refractivity contribution in [3.8, 4) is 0 Å². The number of hydrogen-bond donors (Lipinski definition) is 1. The van der Waals surface area contributed by atoms with Crippen molar-refractivity contribution < 1.29 is 1.43 Å². The Morgan fingerprint density at radius 1 is 1.29 bits per heavy atom. The Morgan fingerprint density at radius 2 is 1.64 bits per heavy atom. The normalized spacial score (nSPS) is 7.43. The number of nitrogens with two attached hydrogens (primary N) is 1. The van der Waals surface area contributed by atoms with Crippen LogP contribution in [0.25, 0.3) is 0 Å². The number of hydrogen-bond acceptors (Lipinski definition) is 1. The molecule has 0 aliphatic heterocycles. The molecule has 1 aromatic carbocycles. The zero-order chi connectivity index (χ0) is 11.4. The minimum Gasteiger partial charge on any atom is -0.403 e. The van der Waals surface area contributed by atoms with Gasteiger partial charge in [0.05, 0.1) is 0 Å². The summed E-state index contributed by atoms with van der Waals surface area (Å²) in [5, 5.41) is 0. The summed E-state index contributed by atoms with van der Waals surface area (Å²) in [6, 6.07) is 10.3. The second-order valence-electron chi connectivity index (χ2n) is 2.67. The van der Waals surface area contributed by atoms with Gasteiger partial charge in [0, 0.05) is 7.12 Å². The van der Waals surface area contributed by atoms with E-state index in [4.69, 9.17) is 5.73 Å². The second kappa shape index (κ2) is 11.8. The van der Waals surface area contributed by atoms with Gasteiger partial charge in [-0.15, -0.1) is 0 Å². The molecule has 0 radical (unpaired) electrons. The molecule has 14 heavy (non-hydrogen) atoms. The summed E-state index contributed by atoms with van der Waals surface area (Å²) in [5.74, 6) is 0. The van der Waals surface area contributed by atoms with Crippen LogP contribution in [0.4, 0.5) is 0 Å². The van der Waals surface area contributed by atoms with Crippen LogP contribution in [0.15, 0.2) is 42.6 Å². The van der Waals surface area contributed by atoms with Crippen LogP contribution in [0.5, 0.6) is 0 Å². The summed E-state index contributed by atoms with van der Waals surface area (Å²) in [7, 11) is 0. The molecular formula is C13H25N. The Hall–Kier alpha value is -1.24. The lowest BCUT2D eigenvalue weighted by Gasteiger charge is -1.82. The molecule has 0 aliphatic rings. The van der Waals surface area contributed by atoms with E-state index < -0.39 is 0 Å². The third kappa shape index (κ3) is 13.4. The smallest absolute Gasteiger partial charge is 0.000466 e. The highest BCUT2D eigenvalue weighted by Gasteiger charge is 1.72. The van der Waals surface area contributed by atoms with Crippen LogP contribution in [0.2, 0.25) is 0 Å². The fraction of sp³-hybridized carbons (Fsp3) is 0.385. The molecule has 0 unspecified atom stereocenters. The third-order valence-corrected chi connectivity index (χ3v) is 1.39. The topological polar surface area (TPSA) is 26.0 Å². The van der Waals surface area contributed by atoms with E-state index in [0.717, 1.165) is 12.1 Å². The first-order chi connectivity index (χ1) is 6.66. The van der Waals surface area contributed by atoms with Gasteiger partial charge >= 0.3 is 0 Å². The van der Waals surface area contributed by atoms with E-state index in [1.165, 1.54) is 5.56 Å². The largest absolute Gasteiger partial charge is 0.403 e. The first kappa shape index (κ1) is 15.2. The Kier molecular flexibility index (Phi) is 12.8. The lowest BCUT2D eigenvalue weighted by Crippen LogP contribution is -1.89. The van der Waals surface area contributed by atoms with Crippen LogP contribution >= 0.6 is 0 Å². The van der Waals surface area contributed by atoms with Crippen LogP contribution < -0.4 is 5.73 Å². The summed E-state index contributed by atoms with van der Waals surface area (Å²) in [6.45, 7) is 11.5. The van der Waals surface area contributed by atoms with Crippen LogP contribution in [0, 0.1) is 6.92 Å². The van der Waals surface area contributed by atoms with E-state index in [2.05, 4.69) is 25.6 Å². The SMILES string of the molecule is C=C(N)CC.CC.Cc1ccccc1.[HH]. The summed E-state index contributed by atoms with van der Waals surface area (Å²) < 4.78 is 0. The molecule has 82 valence electrons. The van der Waals surface area contributed by atoms with Gasteiger partial charge in [0.2, 0.25) is 0 Å². The molecule has 0 heterocycles. The molecule has 0 spiro atoms. The molecule has 1 aromatic rings. The van der Waals surface area contributed by atoms with Gasteiger partial charge in [0.25, 0.3) is 0 Å². The fourth-order valence-electron chi connectivity index (χ4n) is 0.534. The summed E-state index contributed by atoms with van der Waals surface area (Å²) in [5.41, 5.74) is 7.17. The van der Waals surface area contributed by atoms with Gasteiger partial charge in [-0.3, -0.25) is 0 Å². The van der Waals surface area contributed by atoms with Crippen molar-refractivity contribution in [1.29, 1.82) is 0 Å². The number of benzene rings is 1. The van der Waals surface area contributed by atoms with E-state index >= 15 is 0 Å². The predicted molar refractivity (Wildman–Crippen MR) is 68.3 cm³/mol. The summed E-state index contributed by atoms with van der Waals surface area (Å²) in [6.07, 6.45) is 0.889. The van der Waals surface area contributed by atoms with Crippen molar-refractivity contribution in [2.75, 3.05) is 0 Å². The monoisotopic (exact) mass is 195 g/mol. The standard InChI is InChI=1S/C7H8.C4H9N.C2H6.H2/c1-7-5-3-2-4-6-7;1-3-4(2)5;1-2;/h2-6H,1H3;2-3,5H2,1H3;1-2H3;1H. The first-order valence-corrected chi connectivity index (χ1v) is 5.11. The summed E-state index contributed by atoms with van der Waals surface area (Å²) in [4.78, 5) is 0.